The molecule has 3 saturated carbocycles. The molecule has 10 heteroatoms. The Kier molecular flexibility index (Phi) is 9.92. The Labute approximate surface area is 259 Å². The highest BCUT2D eigenvalue weighted by atomic mass is 16.1. The number of nitrogens with one attached hydrogen (secondary N) is 2. The summed E-state index contributed by atoms with van der Waals surface area (Å²) in [6.45, 7) is 4.30. The predicted molar refractivity (Wildman–Crippen MR) is 174 cm³/mol. The van der Waals surface area contributed by atoms with E-state index < -0.39 is 0 Å². The first-order valence-electron chi connectivity index (χ1n) is 17.5. The number of H-pyrrole nitrogens is 2. The molecule has 0 amide bonds. The molecule has 3 aliphatic rings. The molecule has 0 spiro atoms. The highest BCUT2D eigenvalue weighted by Crippen LogP contribution is 2.31. The molecule has 7 rings (SSSR count). The molecule has 2 N–H and O–H groups in total. The third kappa shape index (κ3) is 6.84. The summed E-state index contributed by atoms with van der Waals surface area (Å²) < 4.78 is 3.94. The van der Waals surface area contributed by atoms with E-state index in [2.05, 4.69) is 34.0 Å². The van der Waals surface area contributed by atoms with Crippen molar-refractivity contribution >= 4 is 22.1 Å². The van der Waals surface area contributed by atoms with Crippen LogP contribution >= 0.6 is 0 Å². The Morgan fingerprint density at radius 1 is 0.682 bits per heavy atom. The zero-order chi connectivity index (χ0) is 30.5. The van der Waals surface area contributed by atoms with Crippen LogP contribution in [-0.4, -0.2) is 39.5 Å². The second kappa shape index (κ2) is 14.2. The predicted octanol–water partition coefficient (Wildman–Crippen LogP) is 6.96. The minimum Gasteiger partial charge on any atom is -0.310 e. The van der Waals surface area contributed by atoms with Gasteiger partial charge in [-0.2, -0.15) is 10.2 Å². The molecule has 0 radical (unpaired) electrons. The van der Waals surface area contributed by atoms with Gasteiger partial charge in [0, 0.05) is 12.8 Å². The number of hydrogen-bond acceptors (Lipinski definition) is 6. The standard InChI is InChI=1S/C17H24N4O.C17H26N4O/c22-17-14-11-18-21(13-8-4-5-9-13)16(14)19-15(20-17)10-12-6-2-1-3-7-12;1-3-13(4-2)21-16-14(11-18-21)17(22)20-15(19-16)10-12-8-6-5-7-9-12/h11-13H,1-10H2,(H,19,20,22);11-13H,3-10H2,1-2H3,(H,19,20,22). The van der Waals surface area contributed by atoms with E-state index in [-0.39, 0.29) is 11.1 Å². The van der Waals surface area contributed by atoms with E-state index in [1.165, 1.54) is 77.0 Å². The Bertz CT molecular complexity index is 1520. The number of rotatable bonds is 8. The van der Waals surface area contributed by atoms with Crippen LogP contribution in [-0.2, 0) is 12.8 Å². The van der Waals surface area contributed by atoms with E-state index in [4.69, 9.17) is 9.97 Å². The minimum absolute atomic E-state index is 0.0277. The van der Waals surface area contributed by atoms with Crippen molar-refractivity contribution in [2.24, 2.45) is 11.8 Å². The van der Waals surface area contributed by atoms with E-state index in [1.54, 1.807) is 12.4 Å². The molecular weight excluding hydrogens is 552 g/mol. The van der Waals surface area contributed by atoms with Gasteiger partial charge >= 0.3 is 0 Å². The second-order valence-electron chi connectivity index (χ2n) is 13.5. The van der Waals surface area contributed by atoms with Crippen LogP contribution in [0.4, 0.5) is 0 Å². The lowest BCUT2D eigenvalue weighted by atomic mass is 9.87. The maximum atomic E-state index is 12.3. The monoisotopic (exact) mass is 602 g/mol. The number of fused-ring (bicyclic) bond motifs is 2. The third-order valence-electron chi connectivity index (χ3n) is 10.4. The first-order chi connectivity index (χ1) is 21.5. The van der Waals surface area contributed by atoms with E-state index >= 15 is 0 Å². The molecule has 0 aromatic carbocycles. The molecule has 3 fully saturated rings. The maximum Gasteiger partial charge on any atom is 0.262 e. The van der Waals surface area contributed by atoms with Gasteiger partial charge < -0.3 is 9.97 Å². The lowest BCUT2D eigenvalue weighted by molar-refractivity contribution is 0.351. The van der Waals surface area contributed by atoms with Gasteiger partial charge in [0.15, 0.2) is 11.3 Å². The average molecular weight is 603 g/mol. The van der Waals surface area contributed by atoms with Crippen LogP contribution < -0.4 is 11.1 Å². The van der Waals surface area contributed by atoms with Crippen LogP contribution in [0, 0.1) is 11.8 Å². The number of hydrogen-bond donors (Lipinski definition) is 2. The summed E-state index contributed by atoms with van der Waals surface area (Å²) in [7, 11) is 0. The van der Waals surface area contributed by atoms with Gasteiger partial charge in [0.05, 0.1) is 24.5 Å². The molecule has 4 aromatic heterocycles. The van der Waals surface area contributed by atoms with Crippen LogP contribution in [0.25, 0.3) is 22.1 Å². The van der Waals surface area contributed by atoms with Gasteiger partial charge in [-0.25, -0.2) is 19.3 Å². The summed E-state index contributed by atoms with van der Waals surface area (Å²) in [5.74, 6) is 3.03. The fourth-order valence-electron chi connectivity index (χ4n) is 7.80. The molecule has 0 unspecified atom stereocenters. The molecule has 4 aromatic rings. The summed E-state index contributed by atoms with van der Waals surface area (Å²) in [4.78, 5) is 40.1. The second-order valence-corrected chi connectivity index (χ2v) is 13.5. The molecule has 0 bridgehead atoms. The van der Waals surface area contributed by atoms with Gasteiger partial charge in [0.2, 0.25) is 0 Å². The average Bonchev–Trinajstić information content (AvgIpc) is 3.80. The van der Waals surface area contributed by atoms with Crippen molar-refractivity contribution in [1.29, 1.82) is 0 Å². The highest BCUT2D eigenvalue weighted by molar-refractivity contribution is 5.73. The molecule has 0 atom stereocenters. The maximum absolute atomic E-state index is 12.3. The van der Waals surface area contributed by atoms with Crippen molar-refractivity contribution in [3.8, 4) is 0 Å². The van der Waals surface area contributed by atoms with Gasteiger partial charge in [0.25, 0.3) is 11.1 Å². The van der Waals surface area contributed by atoms with Gasteiger partial charge in [-0.05, 0) is 37.5 Å². The Balaban J connectivity index is 0.000000156. The number of aromatic nitrogens is 8. The molecule has 44 heavy (non-hydrogen) atoms. The summed E-state index contributed by atoms with van der Waals surface area (Å²) in [6, 6.07) is 0.740. The fraction of sp³-hybridized carbons (Fsp3) is 0.706. The van der Waals surface area contributed by atoms with E-state index in [0.29, 0.717) is 34.7 Å². The number of aromatic amines is 2. The molecule has 10 nitrogen and oxygen atoms in total. The largest absolute Gasteiger partial charge is 0.310 e. The van der Waals surface area contributed by atoms with Gasteiger partial charge in [-0.15, -0.1) is 0 Å². The van der Waals surface area contributed by atoms with Crippen LogP contribution in [0.1, 0.15) is 140 Å². The first kappa shape index (κ1) is 30.7. The highest BCUT2D eigenvalue weighted by Gasteiger charge is 2.23. The lowest BCUT2D eigenvalue weighted by Crippen LogP contribution is -2.18. The van der Waals surface area contributed by atoms with Crippen molar-refractivity contribution in [2.45, 2.75) is 142 Å². The summed E-state index contributed by atoms with van der Waals surface area (Å²) in [6.07, 6.45) is 25.0. The molecule has 4 heterocycles. The summed E-state index contributed by atoms with van der Waals surface area (Å²) in [5, 5.41) is 10.1. The van der Waals surface area contributed by atoms with Crippen LogP contribution in [0.5, 0.6) is 0 Å². The van der Waals surface area contributed by atoms with Gasteiger partial charge in [0.1, 0.15) is 22.4 Å². The van der Waals surface area contributed by atoms with E-state index in [9.17, 15) is 9.59 Å². The topological polar surface area (TPSA) is 127 Å². The molecule has 3 aliphatic carbocycles. The zero-order valence-electron chi connectivity index (χ0n) is 26.7. The summed E-state index contributed by atoms with van der Waals surface area (Å²) >= 11 is 0. The quantitative estimate of drug-likeness (QED) is 0.224. The van der Waals surface area contributed by atoms with Crippen LogP contribution in [0.2, 0.25) is 0 Å². The lowest BCUT2D eigenvalue weighted by Gasteiger charge is -2.21. The first-order valence-corrected chi connectivity index (χ1v) is 17.5. The van der Waals surface area contributed by atoms with Gasteiger partial charge in [-0.1, -0.05) is 90.9 Å². The van der Waals surface area contributed by atoms with Crippen molar-refractivity contribution in [3.63, 3.8) is 0 Å². The van der Waals surface area contributed by atoms with Crippen molar-refractivity contribution in [1.82, 2.24) is 39.5 Å². The van der Waals surface area contributed by atoms with Crippen molar-refractivity contribution in [3.05, 3.63) is 44.8 Å². The Morgan fingerprint density at radius 3 is 1.70 bits per heavy atom. The van der Waals surface area contributed by atoms with Crippen molar-refractivity contribution in [2.75, 3.05) is 0 Å². The molecular formula is C34H50N8O2. The van der Waals surface area contributed by atoms with E-state index in [0.717, 1.165) is 61.5 Å². The minimum atomic E-state index is -0.0481. The van der Waals surface area contributed by atoms with Gasteiger partial charge in [-0.3, -0.25) is 9.59 Å². The SMILES string of the molecule is CCC(CC)n1ncc2c(=O)[nH]c(CC3CCCCC3)nc21.O=c1[nH]c(CC2CCCCC2)nc2c1cnn2C1CCCC1. The molecule has 0 saturated heterocycles. The Hall–Kier alpha value is -3.30. The Morgan fingerprint density at radius 2 is 1.16 bits per heavy atom. The van der Waals surface area contributed by atoms with Crippen molar-refractivity contribution < 1.29 is 0 Å². The normalized spacial score (nSPS) is 18.8. The fourth-order valence-corrected chi connectivity index (χ4v) is 7.80. The van der Waals surface area contributed by atoms with Crippen LogP contribution in [0.3, 0.4) is 0 Å². The molecule has 0 aliphatic heterocycles. The summed E-state index contributed by atoms with van der Waals surface area (Å²) in [5.41, 5.74) is 1.47. The molecule has 238 valence electrons. The number of nitrogens with zero attached hydrogens (tertiary/aromatic N) is 6. The van der Waals surface area contributed by atoms with Crippen LogP contribution in [0.15, 0.2) is 22.0 Å². The zero-order valence-corrected chi connectivity index (χ0v) is 26.7. The third-order valence-corrected chi connectivity index (χ3v) is 10.4. The smallest absolute Gasteiger partial charge is 0.262 e. The van der Waals surface area contributed by atoms with E-state index in [1.807, 2.05) is 9.36 Å².